The summed E-state index contributed by atoms with van der Waals surface area (Å²) in [5.74, 6) is 1.58. The zero-order valence-corrected chi connectivity index (χ0v) is 11.7. The third kappa shape index (κ3) is 3.85. The molecule has 5 heteroatoms. The highest BCUT2D eigenvalue weighted by Crippen LogP contribution is 2.13. The van der Waals surface area contributed by atoms with E-state index in [2.05, 4.69) is 48.1 Å². The molecule has 5 nitrogen and oxygen atoms in total. The van der Waals surface area contributed by atoms with E-state index >= 15 is 0 Å². The van der Waals surface area contributed by atoms with Crippen molar-refractivity contribution in [2.45, 2.75) is 19.4 Å². The predicted octanol–water partition coefficient (Wildman–Crippen LogP) is 1.29. The van der Waals surface area contributed by atoms with E-state index in [1.54, 1.807) is 6.20 Å². The number of nitrogens with one attached hydrogen (secondary N) is 1. The molecule has 0 saturated heterocycles. The Kier molecular flexibility index (Phi) is 4.28. The maximum Gasteiger partial charge on any atom is 0.226 e. The Bertz CT molecular complexity index is 360. The van der Waals surface area contributed by atoms with Crippen LogP contribution >= 0.6 is 0 Å². The van der Waals surface area contributed by atoms with Crippen LogP contribution in [0.3, 0.4) is 0 Å². The van der Waals surface area contributed by atoms with Crippen molar-refractivity contribution in [3.8, 4) is 0 Å². The highest BCUT2D eigenvalue weighted by molar-refractivity contribution is 5.40. The third-order valence-corrected chi connectivity index (χ3v) is 2.96. The SMILES string of the molecule is CN(C)c1nccc(NCC(C)(C)N(C)C)n1. The van der Waals surface area contributed by atoms with Crippen molar-refractivity contribution in [3.63, 3.8) is 0 Å². The lowest BCUT2D eigenvalue weighted by atomic mass is 10.0. The van der Waals surface area contributed by atoms with Gasteiger partial charge in [0.05, 0.1) is 0 Å². The van der Waals surface area contributed by atoms with Crippen molar-refractivity contribution in [1.29, 1.82) is 0 Å². The molecule has 0 aromatic carbocycles. The van der Waals surface area contributed by atoms with E-state index in [4.69, 9.17) is 0 Å². The first-order chi connectivity index (χ1) is 7.83. The fourth-order valence-corrected chi connectivity index (χ4v) is 1.13. The van der Waals surface area contributed by atoms with E-state index in [-0.39, 0.29) is 5.54 Å². The van der Waals surface area contributed by atoms with Gasteiger partial charge in [-0.05, 0) is 34.0 Å². The van der Waals surface area contributed by atoms with Crippen molar-refractivity contribution in [1.82, 2.24) is 14.9 Å². The summed E-state index contributed by atoms with van der Waals surface area (Å²) in [6, 6.07) is 1.89. The molecule has 0 fully saturated rings. The minimum atomic E-state index is 0.0865. The monoisotopic (exact) mass is 237 g/mol. The Balaban J connectivity index is 2.67. The van der Waals surface area contributed by atoms with Crippen molar-refractivity contribution in [2.24, 2.45) is 0 Å². The fourth-order valence-electron chi connectivity index (χ4n) is 1.13. The van der Waals surface area contributed by atoms with Crippen LogP contribution in [0.1, 0.15) is 13.8 Å². The zero-order chi connectivity index (χ0) is 13.1. The van der Waals surface area contributed by atoms with Crippen LogP contribution in [-0.2, 0) is 0 Å². The van der Waals surface area contributed by atoms with Gasteiger partial charge in [0, 0.05) is 32.4 Å². The average Bonchev–Trinajstić information content (AvgIpc) is 2.26. The molecule has 0 bridgehead atoms. The summed E-state index contributed by atoms with van der Waals surface area (Å²) in [7, 11) is 8.02. The van der Waals surface area contributed by atoms with Gasteiger partial charge in [-0.3, -0.25) is 0 Å². The molecule has 0 atom stereocenters. The van der Waals surface area contributed by atoms with E-state index in [1.807, 2.05) is 25.1 Å². The lowest BCUT2D eigenvalue weighted by molar-refractivity contribution is 0.210. The summed E-state index contributed by atoms with van der Waals surface area (Å²) in [5, 5.41) is 3.34. The molecule has 0 saturated carbocycles. The quantitative estimate of drug-likeness (QED) is 0.836. The number of hydrogen-bond acceptors (Lipinski definition) is 5. The first kappa shape index (κ1) is 13.7. The molecule has 0 unspecified atom stereocenters. The van der Waals surface area contributed by atoms with E-state index in [9.17, 15) is 0 Å². The number of likely N-dealkylation sites (N-methyl/N-ethyl adjacent to an activating group) is 1. The van der Waals surface area contributed by atoms with E-state index in [1.165, 1.54) is 0 Å². The number of anilines is 2. The molecule has 0 aliphatic rings. The van der Waals surface area contributed by atoms with Gasteiger partial charge in [-0.25, -0.2) is 4.98 Å². The molecule has 1 heterocycles. The second kappa shape index (κ2) is 5.31. The standard InChI is InChI=1S/C12H23N5/c1-12(2,17(5)6)9-14-10-7-8-13-11(15-10)16(3)4/h7-8H,9H2,1-6H3,(H,13,14,15). The fraction of sp³-hybridized carbons (Fsp3) is 0.667. The second-order valence-electron chi connectivity index (χ2n) is 5.20. The third-order valence-electron chi connectivity index (χ3n) is 2.96. The molecule has 0 spiro atoms. The summed E-state index contributed by atoms with van der Waals surface area (Å²) < 4.78 is 0. The maximum atomic E-state index is 4.42. The van der Waals surface area contributed by atoms with Gasteiger partial charge in [0.25, 0.3) is 0 Å². The molecule has 0 amide bonds. The summed E-state index contributed by atoms with van der Waals surface area (Å²) >= 11 is 0. The van der Waals surface area contributed by atoms with Crippen molar-refractivity contribution >= 4 is 11.8 Å². The lowest BCUT2D eigenvalue weighted by Crippen LogP contribution is -2.44. The molecule has 0 aliphatic carbocycles. The summed E-state index contributed by atoms with van der Waals surface area (Å²) in [6.45, 7) is 5.21. The molecule has 17 heavy (non-hydrogen) atoms. The van der Waals surface area contributed by atoms with Gasteiger partial charge in [-0.1, -0.05) is 0 Å². The van der Waals surface area contributed by atoms with Gasteiger partial charge in [-0.15, -0.1) is 0 Å². The summed E-state index contributed by atoms with van der Waals surface area (Å²) in [6.07, 6.45) is 1.77. The van der Waals surface area contributed by atoms with Crippen LogP contribution in [0.4, 0.5) is 11.8 Å². The Hall–Kier alpha value is -1.36. The zero-order valence-electron chi connectivity index (χ0n) is 11.7. The Morgan fingerprint density at radius 3 is 2.41 bits per heavy atom. The molecule has 96 valence electrons. The van der Waals surface area contributed by atoms with Crippen molar-refractivity contribution in [2.75, 3.05) is 45.0 Å². The van der Waals surface area contributed by atoms with Gasteiger partial charge >= 0.3 is 0 Å². The normalized spacial score (nSPS) is 11.7. The highest BCUT2D eigenvalue weighted by atomic mass is 15.2. The molecule has 1 N–H and O–H groups in total. The Morgan fingerprint density at radius 2 is 1.88 bits per heavy atom. The van der Waals surface area contributed by atoms with Crippen LogP contribution in [0, 0.1) is 0 Å². The van der Waals surface area contributed by atoms with Gasteiger partial charge < -0.3 is 15.1 Å². The lowest BCUT2D eigenvalue weighted by Gasteiger charge is -2.32. The van der Waals surface area contributed by atoms with Crippen LogP contribution in [0.5, 0.6) is 0 Å². The van der Waals surface area contributed by atoms with Crippen LogP contribution in [0.15, 0.2) is 12.3 Å². The summed E-state index contributed by atoms with van der Waals surface area (Å²) in [5.41, 5.74) is 0.0865. The summed E-state index contributed by atoms with van der Waals surface area (Å²) in [4.78, 5) is 12.7. The van der Waals surface area contributed by atoms with E-state index < -0.39 is 0 Å². The van der Waals surface area contributed by atoms with E-state index in [0.29, 0.717) is 0 Å². The first-order valence-corrected chi connectivity index (χ1v) is 5.74. The van der Waals surface area contributed by atoms with E-state index in [0.717, 1.165) is 18.3 Å². The number of nitrogens with zero attached hydrogens (tertiary/aromatic N) is 4. The molecule has 1 aromatic rings. The molecule has 1 aromatic heterocycles. The van der Waals surface area contributed by atoms with Crippen molar-refractivity contribution in [3.05, 3.63) is 12.3 Å². The van der Waals surface area contributed by atoms with Crippen LogP contribution in [-0.4, -0.2) is 55.1 Å². The van der Waals surface area contributed by atoms with Gasteiger partial charge in [-0.2, -0.15) is 4.98 Å². The first-order valence-electron chi connectivity index (χ1n) is 5.74. The Morgan fingerprint density at radius 1 is 1.24 bits per heavy atom. The minimum Gasteiger partial charge on any atom is -0.368 e. The van der Waals surface area contributed by atoms with Crippen molar-refractivity contribution < 1.29 is 0 Å². The Labute approximate surface area is 104 Å². The second-order valence-corrected chi connectivity index (χ2v) is 5.20. The van der Waals surface area contributed by atoms with Gasteiger partial charge in [0.15, 0.2) is 0 Å². The molecular formula is C12H23N5. The largest absolute Gasteiger partial charge is 0.368 e. The average molecular weight is 237 g/mol. The predicted molar refractivity (Wildman–Crippen MR) is 72.6 cm³/mol. The topological polar surface area (TPSA) is 44.3 Å². The highest BCUT2D eigenvalue weighted by Gasteiger charge is 2.20. The van der Waals surface area contributed by atoms with Crippen LogP contribution < -0.4 is 10.2 Å². The number of hydrogen-bond donors (Lipinski definition) is 1. The molecule has 1 rings (SSSR count). The van der Waals surface area contributed by atoms with Gasteiger partial charge in [0.2, 0.25) is 5.95 Å². The number of aromatic nitrogens is 2. The molecule has 0 radical (unpaired) electrons. The molecule has 0 aliphatic heterocycles. The smallest absolute Gasteiger partial charge is 0.226 e. The van der Waals surface area contributed by atoms with Gasteiger partial charge in [0.1, 0.15) is 5.82 Å². The van der Waals surface area contributed by atoms with Crippen LogP contribution in [0.25, 0.3) is 0 Å². The number of rotatable bonds is 5. The maximum absolute atomic E-state index is 4.42. The molecular weight excluding hydrogens is 214 g/mol. The van der Waals surface area contributed by atoms with Crippen LogP contribution in [0.2, 0.25) is 0 Å². The minimum absolute atomic E-state index is 0.0865.